The molecule has 1 rings (SSSR count). The van der Waals surface area contributed by atoms with E-state index in [1.165, 1.54) is 25.7 Å². The van der Waals surface area contributed by atoms with Crippen molar-refractivity contribution in [3.05, 3.63) is 0 Å². The fourth-order valence-electron chi connectivity index (χ4n) is 2.97. The maximum Gasteiger partial charge on any atom is 0.195 e. The SMILES string of the molecule is CCOCCC1(CN=C(N(C)C)N(C)C)CCCC1.I. The molecule has 0 amide bonds. The summed E-state index contributed by atoms with van der Waals surface area (Å²) in [5.41, 5.74) is 0.381. The minimum atomic E-state index is 0. The van der Waals surface area contributed by atoms with Gasteiger partial charge in [0.2, 0.25) is 0 Å². The number of guanidine groups is 1. The highest BCUT2D eigenvalue weighted by atomic mass is 127. The summed E-state index contributed by atoms with van der Waals surface area (Å²) in [6.45, 7) is 4.70. The van der Waals surface area contributed by atoms with Crippen LogP contribution in [0.1, 0.15) is 39.0 Å². The first-order chi connectivity index (χ1) is 9.01. The second kappa shape index (κ2) is 9.82. The van der Waals surface area contributed by atoms with Gasteiger partial charge in [-0.1, -0.05) is 12.8 Å². The number of rotatable bonds is 6. The third-order valence-electron chi connectivity index (χ3n) is 4.00. The van der Waals surface area contributed by atoms with Gasteiger partial charge >= 0.3 is 0 Å². The molecule has 0 aromatic rings. The highest BCUT2D eigenvalue weighted by Crippen LogP contribution is 2.41. The topological polar surface area (TPSA) is 28.1 Å². The maximum absolute atomic E-state index is 5.55. The smallest absolute Gasteiger partial charge is 0.195 e. The van der Waals surface area contributed by atoms with E-state index in [1.54, 1.807) is 0 Å². The Morgan fingerprint density at radius 1 is 1.10 bits per heavy atom. The van der Waals surface area contributed by atoms with E-state index in [0.29, 0.717) is 5.41 Å². The first kappa shape index (κ1) is 20.0. The first-order valence-corrected chi connectivity index (χ1v) is 7.47. The number of hydrogen-bond donors (Lipinski definition) is 0. The lowest BCUT2D eigenvalue weighted by Gasteiger charge is -2.29. The Labute approximate surface area is 142 Å². The summed E-state index contributed by atoms with van der Waals surface area (Å²) in [6, 6.07) is 0. The molecule has 5 heteroatoms. The van der Waals surface area contributed by atoms with E-state index in [2.05, 4.69) is 44.9 Å². The molecule has 4 nitrogen and oxygen atoms in total. The molecule has 0 saturated heterocycles. The van der Waals surface area contributed by atoms with E-state index in [0.717, 1.165) is 32.1 Å². The van der Waals surface area contributed by atoms with Crippen LogP contribution >= 0.6 is 24.0 Å². The van der Waals surface area contributed by atoms with Crippen molar-refractivity contribution in [2.45, 2.75) is 39.0 Å². The van der Waals surface area contributed by atoms with Crippen molar-refractivity contribution in [2.75, 3.05) is 47.9 Å². The van der Waals surface area contributed by atoms with Crippen LogP contribution in [0, 0.1) is 5.41 Å². The van der Waals surface area contributed by atoms with Crippen molar-refractivity contribution >= 4 is 29.9 Å². The molecule has 0 aliphatic heterocycles. The fourth-order valence-corrected chi connectivity index (χ4v) is 2.97. The number of hydrogen-bond acceptors (Lipinski definition) is 2. The van der Waals surface area contributed by atoms with E-state index < -0.39 is 0 Å². The van der Waals surface area contributed by atoms with Gasteiger partial charge in [-0.05, 0) is 31.6 Å². The van der Waals surface area contributed by atoms with Gasteiger partial charge in [-0.3, -0.25) is 4.99 Å². The lowest BCUT2D eigenvalue weighted by molar-refractivity contribution is 0.106. The van der Waals surface area contributed by atoms with Crippen LogP contribution in [0.25, 0.3) is 0 Å². The highest BCUT2D eigenvalue weighted by molar-refractivity contribution is 14.0. The Hall–Kier alpha value is -0.0400. The molecule has 0 unspecified atom stereocenters. The van der Waals surface area contributed by atoms with Gasteiger partial charge in [-0.2, -0.15) is 0 Å². The Balaban J connectivity index is 0.00000361. The normalized spacial score (nSPS) is 16.4. The molecule has 0 N–H and O–H groups in total. The molecule has 1 aliphatic carbocycles. The lowest BCUT2D eigenvalue weighted by Crippen LogP contribution is -2.36. The van der Waals surface area contributed by atoms with Crippen LogP contribution in [-0.2, 0) is 4.74 Å². The molecule has 0 aromatic carbocycles. The zero-order valence-electron chi connectivity index (χ0n) is 13.8. The van der Waals surface area contributed by atoms with E-state index in [1.807, 2.05) is 0 Å². The van der Waals surface area contributed by atoms with Gasteiger partial charge < -0.3 is 14.5 Å². The molecule has 20 heavy (non-hydrogen) atoms. The Morgan fingerprint density at radius 2 is 1.65 bits per heavy atom. The van der Waals surface area contributed by atoms with Crippen LogP contribution in [-0.4, -0.2) is 63.7 Å². The molecular weight excluding hydrogens is 365 g/mol. The van der Waals surface area contributed by atoms with Crippen LogP contribution < -0.4 is 0 Å². The van der Waals surface area contributed by atoms with Crippen LogP contribution in [0.3, 0.4) is 0 Å². The molecule has 0 radical (unpaired) electrons. The van der Waals surface area contributed by atoms with Crippen LogP contribution in [0.4, 0.5) is 0 Å². The third kappa shape index (κ3) is 6.16. The summed E-state index contributed by atoms with van der Waals surface area (Å²) in [4.78, 5) is 9.05. The summed E-state index contributed by atoms with van der Waals surface area (Å²) in [5, 5.41) is 0. The molecule has 1 saturated carbocycles. The summed E-state index contributed by atoms with van der Waals surface area (Å²) >= 11 is 0. The Kier molecular flexibility index (Phi) is 9.80. The molecule has 0 atom stereocenters. The maximum atomic E-state index is 5.55. The second-order valence-corrected chi connectivity index (χ2v) is 6.06. The largest absolute Gasteiger partial charge is 0.382 e. The summed E-state index contributed by atoms with van der Waals surface area (Å²) in [6.07, 6.45) is 6.45. The monoisotopic (exact) mass is 397 g/mol. The van der Waals surface area contributed by atoms with Crippen molar-refractivity contribution in [3.63, 3.8) is 0 Å². The molecule has 0 aromatic heterocycles. The van der Waals surface area contributed by atoms with Crippen LogP contribution in [0.15, 0.2) is 4.99 Å². The lowest BCUT2D eigenvalue weighted by atomic mass is 9.83. The molecule has 0 heterocycles. The summed E-state index contributed by atoms with van der Waals surface area (Å²) in [7, 11) is 8.22. The van der Waals surface area contributed by atoms with Gasteiger partial charge in [-0.15, -0.1) is 24.0 Å². The van der Waals surface area contributed by atoms with Gasteiger partial charge in [0.15, 0.2) is 5.96 Å². The molecule has 1 aliphatic rings. The summed E-state index contributed by atoms with van der Waals surface area (Å²) in [5.74, 6) is 1.06. The quantitative estimate of drug-likeness (QED) is 0.299. The van der Waals surface area contributed by atoms with Gasteiger partial charge in [-0.25, -0.2) is 0 Å². The van der Waals surface area contributed by atoms with Gasteiger partial charge in [0.25, 0.3) is 0 Å². The van der Waals surface area contributed by atoms with Crippen molar-refractivity contribution < 1.29 is 4.74 Å². The Morgan fingerprint density at radius 3 is 2.10 bits per heavy atom. The predicted molar refractivity (Wildman–Crippen MR) is 97.1 cm³/mol. The molecule has 0 spiro atoms. The predicted octanol–water partition coefficient (Wildman–Crippen LogP) is 3.07. The minimum Gasteiger partial charge on any atom is -0.382 e. The molecule has 0 bridgehead atoms. The van der Waals surface area contributed by atoms with Crippen molar-refractivity contribution in [2.24, 2.45) is 10.4 Å². The van der Waals surface area contributed by atoms with Gasteiger partial charge in [0, 0.05) is 47.9 Å². The molecular formula is C15H32IN3O. The molecule has 1 fully saturated rings. The van der Waals surface area contributed by atoms with E-state index >= 15 is 0 Å². The summed E-state index contributed by atoms with van der Waals surface area (Å²) < 4.78 is 5.55. The van der Waals surface area contributed by atoms with Crippen molar-refractivity contribution in [1.82, 2.24) is 9.80 Å². The van der Waals surface area contributed by atoms with Gasteiger partial charge in [0.05, 0.1) is 0 Å². The zero-order valence-corrected chi connectivity index (χ0v) is 16.1. The average Bonchev–Trinajstić information content (AvgIpc) is 2.78. The van der Waals surface area contributed by atoms with E-state index in [9.17, 15) is 0 Å². The molecule has 120 valence electrons. The van der Waals surface area contributed by atoms with E-state index in [-0.39, 0.29) is 24.0 Å². The number of nitrogens with zero attached hydrogens (tertiary/aromatic N) is 3. The van der Waals surface area contributed by atoms with Crippen LogP contribution in [0.2, 0.25) is 0 Å². The highest BCUT2D eigenvalue weighted by Gasteiger charge is 2.33. The number of aliphatic imine (C=N–C) groups is 1. The number of halogens is 1. The van der Waals surface area contributed by atoms with Gasteiger partial charge in [0.1, 0.15) is 0 Å². The standard InChI is InChI=1S/C15H31N3O.HI/c1-6-19-12-11-15(9-7-8-10-15)13-16-14(17(2)3)18(4)5;/h6-13H2,1-5H3;1H. The first-order valence-electron chi connectivity index (χ1n) is 7.47. The fraction of sp³-hybridized carbons (Fsp3) is 0.933. The average molecular weight is 397 g/mol. The zero-order chi connectivity index (χ0) is 14.3. The van der Waals surface area contributed by atoms with Crippen molar-refractivity contribution in [1.29, 1.82) is 0 Å². The number of ether oxygens (including phenoxy) is 1. The van der Waals surface area contributed by atoms with Crippen LogP contribution in [0.5, 0.6) is 0 Å². The second-order valence-electron chi connectivity index (χ2n) is 6.06. The Bertz CT molecular complexity index is 277. The van der Waals surface area contributed by atoms with E-state index in [4.69, 9.17) is 9.73 Å². The minimum absolute atomic E-state index is 0. The van der Waals surface area contributed by atoms with Crippen molar-refractivity contribution in [3.8, 4) is 0 Å². The third-order valence-corrected chi connectivity index (χ3v) is 4.00.